The third-order valence-electron chi connectivity index (χ3n) is 0.277. The van der Waals surface area contributed by atoms with Crippen LogP contribution in [-0.4, -0.2) is 74.3 Å². The minimum absolute atomic E-state index is 0. The Bertz CT molecular complexity index is 123. The van der Waals surface area contributed by atoms with E-state index in [9.17, 15) is 0 Å². The number of hydrogen-bond acceptors (Lipinski definition) is 6. The molecular weight excluding hydrogens is 186 g/mol. The second-order valence-corrected chi connectivity index (χ2v) is 1.04. The first-order valence-corrected chi connectivity index (χ1v) is 2.04. The Morgan fingerprint density at radius 3 is 1.25 bits per heavy atom. The van der Waals surface area contributed by atoms with Crippen LogP contribution in [-0.2, 0) is 14.4 Å². The summed E-state index contributed by atoms with van der Waals surface area (Å²) < 4.78 is 0. The molecular formula is C2H6BNaO8. The van der Waals surface area contributed by atoms with Crippen molar-refractivity contribution in [2.24, 2.45) is 0 Å². The molecule has 0 aromatic carbocycles. The van der Waals surface area contributed by atoms with E-state index in [4.69, 9.17) is 35.1 Å². The van der Waals surface area contributed by atoms with Gasteiger partial charge in [0.25, 0.3) is 0 Å². The Balaban J connectivity index is -0.000000126. The third-order valence-corrected chi connectivity index (χ3v) is 0.277. The van der Waals surface area contributed by atoms with Crippen LogP contribution in [0.5, 0.6) is 0 Å². The molecule has 0 aromatic rings. The van der Waals surface area contributed by atoms with Crippen molar-refractivity contribution >= 4 is 48.8 Å². The molecule has 0 aliphatic rings. The number of carbonyl (C=O) groups is 2. The molecule has 0 saturated heterocycles. The van der Waals surface area contributed by atoms with Gasteiger partial charge in [-0.05, 0) is 0 Å². The molecule has 0 aromatic heterocycles. The summed E-state index contributed by atoms with van der Waals surface area (Å²) in [6, 6.07) is 0. The Labute approximate surface area is 88.8 Å². The van der Waals surface area contributed by atoms with Crippen molar-refractivity contribution < 1.29 is 39.9 Å². The monoisotopic (exact) mass is 192 g/mol. The van der Waals surface area contributed by atoms with Gasteiger partial charge in [0.15, 0.2) is 0 Å². The van der Waals surface area contributed by atoms with Crippen molar-refractivity contribution in [1.29, 1.82) is 0 Å². The Morgan fingerprint density at radius 2 is 1.25 bits per heavy atom. The molecule has 10 heteroatoms. The summed E-state index contributed by atoms with van der Waals surface area (Å²) in [5.41, 5.74) is 0. The molecule has 0 saturated carbocycles. The standard InChI is InChI=1S/C2H2O4.BH3O4.Na.H/c3-1(4)2(5)6;2-1(3)5-4;;/h(H,3,4)(H,5,6);2-4H;;. The van der Waals surface area contributed by atoms with Gasteiger partial charge in [-0.3, -0.25) is 5.26 Å². The predicted molar refractivity (Wildman–Crippen MR) is 36.3 cm³/mol. The molecule has 0 rings (SSSR count). The van der Waals surface area contributed by atoms with Crippen LogP contribution >= 0.6 is 0 Å². The van der Waals surface area contributed by atoms with Gasteiger partial charge in [-0.15, -0.1) is 0 Å². The van der Waals surface area contributed by atoms with Crippen molar-refractivity contribution in [2.75, 3.05) is 0 Å². The van der Waals surface area contributed by atoms with Crippen LogP contribution in [0.25, 0.3) is 0 Å². The van der Waals surface area contributed by atoms with E-state index in [2.05, 4.69) is 4.81 Å². The average molecular weight is 192 g/mol. The third kappa shape index (κ3) is 22.5. The number of rotatable bonds is 1. The van der Waals surface area contributed by atoms with Crippen LogP contribution in [0.15, 0.2) is 0 Å². The molecule has 66 valence electrons. The van der Waals surface area contributed by atoms with Gasteiger partial charge < -0.3 is 20.3 Å². The van der Waals surface area contributed by atoms with E-state index in [1.807, 2.05) is 0 Å². The van der Waals surface area contributed by atoms with E-state index in [-0.39, 0.29) is 29.6 Å². The fourth-order valence-electron chi connectivity index (χ4n) is 0. The molecule has 8 nitrogen and oxygen atoms in total. The van der Waals surface area contributed by atoms with E-state index >= 15 is 0 Å². The zero-order chi connectivity index (χ0) is 9.44. The maximum atomic E-state index is 9.10. The second kappa shape index (κ2) is 10.8. The zero-order valence-corrected chi connectivity index (χ0v) is 5.04. The van der Waals surface area contributed by atoms with Crippen LogP contribution in [0, 0.1) is 0 Å². The van der Waals surface area contributed by atoms with E-state index in [0.29, 0.717) is 0 Å². The van der Waals surface area contributed by atoms with Gasteiger partial charge in [0.2, 0.25) is 0 Å². The van der Waals surface area contributed by atoms with E-state index < -0.39 is 19.3 Å². The van der Waals surface area contributed by atoms with Gasteiger partial charge in [-0.25, -0.2) is 14.4 Å². The van der Waals surface area contributed by atoms with Crippen molar-refractivity contribution in [3.8, 4) is 0 Å². The van der Waals surface area contributed by atoms with Gasteiger partial charge >= 0.3 is 48.8 Å². The first kappa shape index (κ1) is 17.8. The predicted octanol–water partition coefficient (Wildman–Crippen LogP) is -3.05. The molecule has 0 unspecified atom stereocenters. The van der Waals surface area contributed by atoms with Gasteiger partial charge in [-0.2, -0.15) is 0 Å². The quantitative estimate of drug-likeness (QED) is 0.127. The number of carboxylic acids is 2. The van der Waals surface area contributed by atoms with Gasteiger partial charge in [0.1, 0.15) is 0 Å². The van der Waals surface area contributed by atoms with E-state index in [1.165, 1.54) is 0 Å². The minimum atomic E-state index is -2.06. The van der Waals surface area contributed by atoms with E-state index in [1.54, 1.807) is 0 Å². The number of hydrogen-bond donors (Lipinski definition) is 5. The summed E-state index contributed by atoms with van der Waals surface area (Å²) in [6.45, 7) is 0. The molecule has 5 N–H and O–H groups in total. The molecule has 0 aliphatic carbocycles. The van der Waals surface area contributed by atoms with E-state index in [0.717, 1.165) is 0 Å². The molecule has 0 aliphatic heterocycles. The van der Waals surface area contributed by atoms with Gasteiger partial charge in [0, 0.05) is 0 Å². The van der Waals surface area contributed by atoms with Crippen molar-refractivity contribution in [3.05, 3.63) is 0 Å². The Morgan fingerprint density at radius 1 is 1.08 bits per heavy atom. The summed E-state index contributed by atoms with van der Waals surface area (Å²) >= 11 is 0. The molecule has 0 heterocycles. The molecule has 0 radical (unpaired) electrons. The Hall–Kier alpha value is -0.155. The second-order valence-electron chi connectivity index (χ2n) is 1.04. The molecule has 0 bridgehead atoms. The van der Waals surface area contributed by atoms with Crippen molar-refractivity contribution in [3.63, 3.8) is 0 Å². The van der Waals surface area contributed by atoms with Crippen LogP contribution < -0.4 is 0 Å². The zero-order valence-electron chi connectivity index (χ0n) is 5.04. The molecule has 0 atom stereocenters. The first-order chi connectivity index (χ1) is 4.91. The normalized spacial score (nSPS) is 6.92. The summed E-state index contributed by atoms with van der Waals surface area (Å²) in [5, 5.41) is 36.8. The van der Waals surface area contributed by atoms with Gasteiger partial charge in [0.05, 0.1) is 0 Å². The summed E-state index contributed by atoms with van der Waals surface area (Å²) in [7, 11) is -2.06. The summed E-state index contributed by atoms with van der Waals surface area (Å²) in [4.78, 5) is 21.1. The molecule has 0 amide bonds. The fourth-order valence-corrected chi connectivity index (χ4v) is 0. The fraction of sp³-hybridized carbons (Fsp3) is 0. The van der Waals surface area contributed by atoms with Crippen molar-refractivity contribution in [2.45, 2.75) is 0 Å². The summed E-state index contributed by atoms with van der Waals surface area (Å²) in [6.07, 6.45) is 0. The Kier molecular flexibility index (Phi) is 16.1. The maximum absolute atomic E-state index is 9.10. The first-order valence-electron chi connectivity index (χ1n) is 2.04. The average Bonchev–Trinajstić information content (AvgIpc) is 1.89. The number of carboxylic acid groups (broad SMARTS) is 2. The molecule has 0 fully saturated rings. The van der Waals surface area contributed by atoms with Crippen LogP contribution in [0.3, 0.4) is 0 Å². The number of aliphatic carboxylic acids is 2. The van der Waals surface area contributed by atoms with Crippen LogP contribution in [0.1, 0.15) is 0 Å². The van der Waals surface area contributed by atoms with Crippen molar-refractivity contribution in [1.82, 2.24) is 0 Å². The molecule has 12 heavy (non-hydrogen) atoms. The van der Waals surface area contributed by atoms with Crippen LogP contribution in [0.2, 0.25) is 0 Å². The SMILES string of the molecule is O=C(O)C(=O)O.OOB(O)O.[NaH]. The topological polar surface area (TPSA) is 145 Å². The summed E-state index contributed by atoms with van der Waals surface area (Å²) in [5.74, 6) is -3.65. The van der Waals surface area contributed by atoms with Crippen LogP contribution in [0.4, 0.5) is 0 Å². The molecule has 0 spiro atoms. The van der Waals surface area contributed by atoms with Gasteiger partial charge in [-0.1, -0.05) is 0 Å².